The maximum Gasteiger partial charge on any atom is 0.411 e. The van der Waals surface area contributed by atoms with Crippen molar-refractivity contribution >= 4 is 12.1 Å². The Labute approximate surface area is 101 Å². The van der Waals surface area contributed by atoms with Crippen LogP contribution in [0.1, 0.15) is 27.7 Å². The van der Waals surface area contributed by atoms with E-state index >= 15 is 0 Å². The van der Waals surface area contributed by atoms with E-state index in [2.05, 4.69) is 4.74 Å². The van der Waals surface area contributed by atoms with Crippen LogP contribution in [0.15, 0.2) is 12.2 Å². The zero-order valence-electron chi connectivity index (χ0n) is 10.7. The third kappa shape index (κ3) is 3.76. The molecule has 5 heteroatoms. The van der Waals surface area contributed by atoms with Gasteiger partial charge in [-0.05, 0) is 27.7 Å². The van der Waals surface area contributed by atoms with Gasteiger partial charge in [-0.15, -0.1) is 0 Å². The van der Waals surface area contributed by atoms with Gasteiger partial charge in [0.1, 0.15) is 12.2 Å². The molecule has 0 N–H and O–H groups in total. The molecule has 1 fully saturated rings. The molecule has 1 aliphatic heterocycles. The van der Waals surface area contributed by atoms with E-state index in [4.69, 9.17) is 4.74 Å². The highest BCUT2D eigenvalue weighted by Gasteiger charge is 2.40. The number of hydrogen-bond acceptors (Lipinski definition) is 4. The van der Waals surface area contributed by atoms with E-state index in [1.54, 1.807) is 26.8 Å². The van der Waals surface area contributed by atoms with Crippen LogP contribution in [0, 0.1) is 0 Å². The van der Waals surface area contributed by atoms with E-state index < -0.39 is 17.7 Å². The second kappa shape index (κ2) is 5.21. The van der Waals surface area contributed by atoms with Crippen LogP contribution in [0.2, 0.25) is 0 Å². The van der Waals surface area contributed by atoms with E-state index in [1.165, 1.54) is 4.90 Å². The molecule has 1 heterocycles. The van der Waals surface area contributed by atoms with Crippen molar-refractivity contribution in [3.8, 4) is 0 Å². The van der Waals surface area contributed by atoms with Crippen molar-refractivity contribution in [1.82, 2.24) is 4.90 Å². The van der Waals surface area contributed by atoms with Crippen LogP contribution >= 0.6 is 0 Å². The monoisotopic (exact) mass is 241 g/mol. The average molecular weight is 241 g/mol. The Balaban J connectivity index is 2.68. The fourth-order valence-corrected chi connectivity index (χ4v) is 1.31. The van der Waals surface area contributed by atoms with Crippen LogP contribution in [-0.4, -0.2) is 41.8 Å². The van der Waals surface area contributed by atoms with Crippen LogP contribution < -0.4 is 0 Å². The van der Waals surface area contributed by atoms with Gasteiger partial charge in [-0.1, -0.05) is 12.2 Å². The van der Waals surface area contributed by atoms with Crippen LogP contribution in [0.5, 0.6) is 0 Å². The summed E-state index contributed by atoms with van der Waals surface area (Å²) >= 11 is 0. The molecule has 0 aliphatic carbocycles. The summed E-state index contributed by atoms with van der Waals surface area (Å²) in [6.07, 6.45) is 3.13. The minimum atomic E-state index is -0.571. The lowest BCUT2D eigenvalue weighted by atomic mass is 10.2. The highest BCUT2D eigenvalue weighted by molar-refractivity contribution is 5.85. The molecule has 1 atom stereocenters. The minimum Gasteiger partial charge on any atom is -0.461 e. The predicted octanol–water partition coefficient (Wildman–Crippen LogP) is 1.73. The first-order valence-electron chi connectivity index (χ1n) is 5.62. The number of nitrogens with zero attached hydrogens (tertiary/aromatic N) is 1. The molecule has 1 saturated heterocycles. The Morgan fingerprint density at radius 1 is 1.59 bits per heavy atom. The number of hydrogen-bond donors (Lipinski definition) is 0. The molecule has 0 aromatic heterocycles. The normalized spacial score (nSPS) is 19.8. The van der Waals surface area contributed by atoms with Gasteiger partial charge in [0.05, 0.1) is 0 Å². The van der Waals surface area contributed by atoms with Crippen molar-refractivity contribution in [1.29, 1.82) is 0 Å². The van der Waals surface area contributed by atoms with Gasteiger partial charge in [-0.25, -0.2) is 9.59 Å². The molecule has 0 saturated carbocycles. The van der Waals surface area contributed by atoms with Crippen molar-refractivity contribution in [3.63, 3.8) is 0 Å². The van der Waals surface area contributed by atoms with Crippen molar-refractivity contribution in [3.05, 3.63) is 12.2 Å². The third-order valence-corrected chi connectivity index (χ3v) is 2.20. The minimum absolute atomic E-state index is 0.246. The molecule has 1 unspecified atom stereocenters. The van der Waals surface area contributed by atoms with E-state index in [-0.39, 0.29) is 12.6 Å². The van der Waals surface area contributed by atoms with Gasteiger partial charge < -0.3 is 9.47 Å². The Morgan fingerprint density at radius 3 is 2.59 bits per heavy atom. The van der Waals surface area contributed by atoms with Crippen molar-refractivity contribution in [2.24, 2.45) is 0 Å². The Hall–Kier alpha value is -1.52. The van der Waals surface area contributed by atoms with Gasteiger partial charge in [-0.2, -0.15) is 0 Å². The number of ether oxygens (including phenoxy) is 2. The Bertz CT molecular complexity index is 330. The molecule has 1 rings (SSSR count). The number of cyclic esters (lactones) is 1. The molecule has 0 bridgehead atoms. The lowest BCUT2D eigenvalue weighted by Crippen LogP contribution is -2.56. The van der Waals surface area contributed by atoms with Crippen LogP contribution in [0.25, 0.3) is 0 Å². The smallest absolute Gasteiger partial charge is 0.411 e. The van der Waals surface area contributed by atoms with Crippen molar-refractivity contribution < 1.29 is 19.1 Å². The number of carbonyl (C=O) groups is 2. The SMILES string of the molecule is C/C=C/CN(C(=O)OC(C)(C)C)C1COC1=O. The number of allylic oxidation sites excluding steroid dienone is 1. The van der Waals surface area contributed by atoms with Gasteiger partial charge in [-0.3, -0.25) is 4.90 Å². The first-order chi connectivity index (χ1) is 7.85. The largest absolute Gasteiger partial charge is 0.461 e. The number of esters is 1. The topological polar surface area (TPSA) is 55.8 Å². The molecule has 5 nitrogen and oxygen atoms in total. The zero-order valence-corrected chi connectivity index (χ0v) is 10.7. The standard InChI is InChI=1S/C12H19NO4/c1-5-6-7-13(9-8-16-10(9)14)11(15)17-12(2,3)4/h5-6,9H,7-8H2,1-4H3/b6-5+. The summed E-state index contributed by atoms with van der Waals surface area (Å²) in [5, 5.41) is 0. The molecule has 0 aromatic carbocycles. The molecule has 0 spiro atoms. The van der Waals surface area contributed by atoms with E-state index in [0.29, 0.717) is 6.54 Å². The van der Waals surface area contributed by atoms with E-state index in [0.717, 1.165) is 0 Å². The van der Waals surface area contributed by atoms with Crippen molar-refractivity contribution in [2.75, 3.05) is 13.2 Å². The molecule has 1 amide bonds. The van der Waals surface area contributed by atoms with Crippen molar-refractivity contribution in [2.45, 2.75) is 39.3 Å². The molecular weight excluding hydrogens is 222 g/mol. The summed E-state index contributed by atoms with van der Waals surface area (Å²) in [5.41, 5.74) is -0.571. The average Bonchev–Trinajstić information content (AvgIpc) is 2.19. The molecule has 1 aliphatic rings. The van der Waals surface area contributed by atoms with Gasteiger partial charge in [0.25, 0.3) is 0 Å². The number of amides is 1. The highest BCUT2D eigenvalue weighted by atomic mass is 16.6. The first-order valence-corrected chi connectivity index (χ1v) is 5.62. The van der Waals surface area contributed by atoms with Crippen LogP contribution in [0.4, 0.5) is 4.79 Å². The second-order valence-corrected chi connectivity index (χ2v) is 4.85. The summed E-state index contributed by atoms with van der Waals surface area (Å²) in [6.45, 7) is 7.82. The Morgan fingerprint density at radius 2 is 2.24 bits per heavy atom. The fourth-order valence-electron chi connectivity index (χ4n) is 1.31. The number of carbonyl (C=O) groups excluding carboxylic acids is 2. The van der Waals surface area contributed by atoms with E-state index in [9.17, 15) is 9.59 Å². The maximum atomic E-state index is 11.9. The molecule has 0 aromatic rings. The summed E-state index contributed by atoms with van der Waals surface area (Å²) in [6, 6.07) is -0.513. The second-order valence-electron chi connectivity index (χ2n) is 4.85. The quantitative estimate of drug-likeness (QED) is 0.557. The predicted molar refractivity (Wildman–Crippen MR) is 62.5 cm³/mol. The first kappa shape index (κ1) is 13.5. The summed E-state index contributed by atoms with van der Waals surface area (Å²) < 4.78 is 9.92. The molecular formula is C12H19NO4. The molecule has 0 radical (unpaired) electrons. The lowest BCUT2D eigenvalue weighted by molar-refractivity contribution is -0.170. The van der Waals surface area contributed by atoms with Gasteiger partial charge >= 0.3 is 12.1 Å². The fraction of sp³-hybridized carbons (Fsp3) is 0.667. The van der Waals surface area contributed by atoms with Gasteiger partial charge in [0, 0.05) is 6.54 Å². The lowest BCUT2D eigenvalue weighted by Gasteiger charge is -2.35. The summed E-state index contributed by atoms with van der Waals surface area (Å²) in [5.74, 6) is -0.375. The molecule has 17 heavy (non-hydrogen) atoms. The zero-order chi connectivity index (χ0) is 13.1. The highest BCUT2D eigenvalue weighted by Crippen LogP contribution is 2.17. The van der Waals surface area contributed by atoms with Gasteiger partial charge in [0.15, 0.2) is 6.04 Å². The Kier molecular flexibility index (Phi) is 4.15. The summed E-state index contributed by atoms with van der Waals surface area (Å²) in [7, 11) is 0. The number of rotatable bonds is 3. The maximum absolute atomic E-state index is 11.9. The molecule has 96 valence electrons. The van der Waals surface area contributed by atoms with Gasteiger partial charge in [0.2, 0.25) is 0 Å². The van der Waals surface area contributed by atoms with E-state index in [1.807, 2.05) is 13.0 Å². The van der Waals surface area contributed by atoms with Crippen LogP contribution in [-0.2, 0) is 14.3 Å². The third-order valence-electron chi connectivity index (χ3n) is 2.20. The summed E-state index contributed by atoms with van der Waals surface area (Å²) in [4.78, 5) is 24.5. The van der Waals surface area contributed by atoms with Crippen LogP contribution in [0.3, 0.4) is 0 Å².